The van der Waals surface area contributed by atoms with Crippen LogP contribution >= 0.6 is 0 Å². The summed E-state index contributed by atoms with van der Waals surface area (Å²) in [4.78, 5) is 19.7. The molecule has 0 N–H and O–H groups in total. The average Bonchev–Trinajstić information content (AvgIpc) is 2.85. The van der Waals surface area contributed by atoms with Crippen molar-refractivity contribution in [1.82, 2.24) is 20.1 Å². The lowest BCUT2D eigenvalue weighted by Crippen LogP contribution is -2.46. The fraction of sp³-hybridized carbons (Fsp3) is 0.360. The zero-order valence-electron chi connectivity index (χ0n) is 19.6. The van der Waals surface area contributed by atoms with Crippen LogP contribution in [0.25, 0.3) is 11.3 Å². The van der Waals surface area contributed by atoms with Crippen molar-refractivity contribution >= 4 is 11.7 Å². The van der Waals surface area contributed by atoms with Crippen molar-refractivity contribution in [1.29, 1.82) is 0 Å². The molecule has 2 aromatic heterocycles. The van der Waals surface area contributed by atoms with E-state index in [-0.39, 0.29) is 11.9 Å². The Balaban J connectivity index is 1.47. The van der Waals surface area contributed by atoms with Gasteiger partial charge in [0, 0.05) is 37.9 Å². The summed E-state index contributed by atoms with van der Waals surface area (Å²) in [6, 6.07) is 8.36. The molecule has 0 atom stereocenters. The SMILES string of the molecule is Cc1c(-c2ccc(F)cc2)nnc(N2CCC(N(C)C(=O)c3cccnc3C(F)(F)F)CC2)c1C. The highest BCUT2D eigenvalue weighted by Crippen LogP contribution is 2.32. The summed E-state index contributed by atoms with van der Waals surface area (Å²) in [5.74, 6) is -0.288. The van der Waals surface area contributed by atoms with E-state index in [1.807, 2.05) is 13.8 Å². The minimum Gasteiger partial charge on any atom is -0.355 e. The number of benzene rings is 1. The molecule has 1 aliphatic rings. The molecule has 0 unspecified atom stereocenters. The number of alkyl halides is 3. The molecule has 6 nitrogen and oxygen atoms in total. The van der Waals surface area contributed by atoms with Gasteiger partial charge in [0.1, 0.15) is 5.82 Å². The fourth-order valence-electron chi connectivity index (χ4n) is 4.40. The molecule has 1 fully saturated rings. The van der Waals surface area contributed by atoms with Gasteiger partial charge in [-0.2, -0.15) is 13.2 Å². The van der Waals surface area contributed by atoms with E-state index in [1.165, 1.54) is 30.1 Å². The molecule has 1 saturated heterocycles. The molecular weight excluding hydrogens is 462 g/mol. The second-order valence-corrected chi connectivity index (χ2v) is 8.66. The Morgan fingerprint density at radius 2 is 1.69 bits per heavy atom. The lowest BCUT2D eigenvalue weighted by molar-refractivity contribution is -0.141. The predicted molar refractivity (Wildman–Crippen MR) is 123 cm³/mol. The minimum absolute atomic E-state index is 0.215. The van der Waals surface area contributed by atoms with E-state index in [9.17, 15) is 22.4 Å². The molecule has 1 amide bonds. The number of pyridine rings is 1. The molecule has 0 radical (unpaired) electrons. The molecule has 1 aromatic carbocycles. The van der Waals surface area contributed by atoms with Crippen LogP contribution in [0.1, 0.15) is 40.0 Å². The van der Waals surface area contributed by atoms with Gasteiger partial charge >= 0.3 is 6.18 Å². The highest BCUT2D eigenvalue weighted by atomic mass is 19.4. The van der Waals surface area contributed by atoms with E-state index in [2.05, 4.69) is 20.1 Å². The van der Waals surface area contributed by atoms with Crippen LogP contribution < -0.4 is 4.90 Å². The van der Waals surface area contributed by atoms with Crippen LogP contribution in [0.5, 0.6) is 0 Å². The second kappa shape index (κ2) is 9.59. The normalized spacial score (nSPS) is 14.8. The van der Waals surface area contributed by atoms with Gasteiger partial charge in [0.25, 0.3) is 5.91 Å². The summed E-state index contributed by atoms with van der Waals surface area (Å²) in [7, 11) is 1.53. The molecule has 0 aliphatic carbocycles. The average molecular weight is 488 g/mol. The number of halogens is 4. The Hall–Kier alpha value is -3.56. The van der Waals surface area contributed by atoms with Crippen LogP contribution in [0.2, 0.25) is 0 Å². The zero-order chi connectivity index (χ0) is 25.3. The molecule has 10 heteroatoms. The number of hydrogen-bond acceptors (Lipinski definition) is 5. The molecule has 35 heavy (non-hydrogen) atoms. The Bertz CT molecular complexity index is 1220. The molecule has 1 aliphatic heterocycles. The smallest absolute Gasteiger partial charge is 0.355 e. The number of amides is 1. The largest absolute Gasteiger partial charge is 0.434 e. The maximum absolute atomic E-state index is 13.3. The molecular formula is C25H25F4N5O. The molecule has 0 spiro atoms. The number of aromatic nitrogens is 3. The van der Waals surface area contributed by atoms with Crippen molar-refractivity contribution in [3.8, 4) is 11.3 Å². The van der Waals surface area contributed by atoms with Crippen LogP contribution in [0, 0.1) is 19.7 Å². The van der Waals surface area contributed by atoms with Crippen LogP contribution in [0.15, 0.2) is 42.6 Å². The van der Waals surface area contributed by atoms with Crippen molar-refractivity contribution < 1.29 is 22.4 Å². The highest BCUT2D eigenvalue weighted by molar-refractivity contribution is 5.95. The van der Waals surface area contributed by atoms with Gasteiger partial charge in [-0.1, -0.05) is 0 Å². The number of carbonyl (C=O) groups excluding carboxylic acids is 1. The third kappa shape index (κ3) is 4.96. The molecule has 3 heterocycles. The third-order valence-electron chi connectivity index (χ3n) is 6.55. The van der Waals surface area contributed by atoms with Gasteiger partial charge in [-0.15, -0.1) is 10.2 Å². The summed E-state index contributed by atoms with van der Waals surface area (Å²) in [5, 5.41) is 8.80. The van der Waals surface area contributed by atoms with Crippen LogP contribution in [0.4, 0.5) is 23.4 Å². The van der Waals surface area contributed by atoms with Gasteiger partial charge in [-0.3, -0.25) is 9.78 Å². The van der Waals surface area contributed by atoms with Gasteiger partial charge < -0.3 is 9.80 Å². The van der Waals surface area contributed by atoms with E-state index in [0.29, 0.717) is 31.6 Å². The highest BCUT2D eigenvalue weighted by Gasteiger charge is 2.38. The molecule has 4 rings (SSSR count). The quantitative estimate of drug-likeness (QED) is 0.482. The first kappa shape index (κ1) is 24.6. The topological polar surface area (TPSA) is 62.2 Å². The van der Waals surface area contributed by atoms with E-state index >= 15 is 0 Å². The first-order valence-corrected chi connectivity index (χ1v) is 11.2. The Labute approximate surface area is 200 Å². The Morgan fingerprint density at radius 1 is 1.03 bits per heavy atom. The lowest BCUT2D eigenvalue weighted by atomic mass is 10.00. The lowest BCUT2D eigenvalue weighted by Gasteiger charge is -2.38. The summed E-state index contributed by atoms with van der Waals surface area (Å²) in [6.45, 7) is 5.05. The zero-order valence-corrected chi connectivity index (χ0v) is 19.6. The number of carbonyl (C=O) groups is 1. The van der Waals surface area contributed by atoms with Crippen molar-refractivity contribution in [2.24, 2.45) is 0 Å². The van der Waals surface area contributed by atoms with Gasteiger partial charge in [0.05, 0.1) is 11.3 Å². The second-order valence-electron chi connectivity index (χ2n) is 8.66. The summed E-state index contributed by atoms with van der Waals surface area (Å²) >= 11 is 0. The summed E-state index contributed by atoms with van der Waals surface area (Å²) in [6.07, 6.45) is -2.52. The number of piperidine rings is 1. The van der Waals surface area contributed by atoms with E-state index in [0.717, 1.165) is 34.8 Å². The van der Waals surface area contributed by atoms with E-state index in [4.69, 9.17) is 0 Å². The van der Waals surface area contributed by atoms with Gasteiger partial charge in [0.2, 0.25) is 0 Å². The molecule has 0 saturated carbocycles. The van der Waals surface area contributed by atoms with Crippen molar-refractivity contribution in [2.75, 3.05) is 25.0 Å². The monoisotopic (exact) mass is 487 g/mol. The maximum atomic E-state index is 13.3. The summed E-state index contributed by atoms with van der Waals surface area (Å²) in [5.41, 5.74) is 1.73. The van der Waals surface area contributed by atoms with Crippen LogP contribution in [-0.4, -0.2) is 52.2 Å². The van der Waals surface area contributed by atoms with Crippen molar-refractivity contribution in [3.05, 3.63) is 70.8 Å². The molecule has 3 aromatic rings. The number of nitrogens with zero attached hydrogens (tertiary/aromatic N) is 5. The van der Waals surface area contributed by atoms with Crippen LogP contribution in [0.3, 0.4) is 0 Å². The number of rotatable bonds is 4. The molecule has 0 bridgehead atoms. The van der Waals surface area contributed by atoms with Crippen molar-refractivity contribution in [3.63, 3.8) is 0 Å². The Morgan fingerprint density at radius 3 is 2.31 bits per heavy atom. The van der Waals surface area contributed by atoms with Crippen molar-refractivity contribution in [2.45, 2.75) is 38.9 Å². The van der Waals surface area contributed by atoms with E-state index < -0.39 is 23.3 Å². The predicted octanol–water partition coefficient (Wildman–Crippen LogP) is 5.05. The van der Waals surface area contributed by atoms with E-state index in [1.54, 1.807) is 12.1 Å². The van der Waals surface area contributed by atoms with Crippen LogP contribution in [-0.2, 0) is 6.18 Å². The fourth-order valence-corrected chi connectivity index (χ4v) is 4.40. The van der Waals surface area contributed by atoms with Gasteiger partial charge in [-0.25, -0.2) is 4.39 Å². The first-order chi connectivity index (χ1) is 16.6. The minimum atomic E-state index is -4.70. The number of anilines is 1. The van der Waals surface area contributed by atoms with Gasteiger partial charge in [0.15, 0.2) is 11.5 Å². The molecule has 184 valence electrons. The summed E-state index contributed by atoms with van der Waals surface area (Å²) < 4.78 is 53.2. The van der Waals surface area contributed by atoms with Gasteiger partial charge in [-0.05, 0) is 74.2 Å². The third-order valence-corrected chi connectivity index (χ3v) is 6.55. The maximum Gasteiger partial charge on any atom is 0.434 e. The number of hydrogen-bond donors (Lipinski definition) is 0. The first-order valence-electron chi connectivity index (χ1n) is 11.2. The Kier molecular flexibility index (Phi) is 6.73. The standard InChI is InChI=1S/C25H25F4N5O/c1-15-16(2)23(32-31-21(15)17-6-8-18(26)9-7-17)34-13-10-19(11-14-34)33(3)24(35)20-5-4-12-30-22(20)25(27,28)29/h4-9,12,19H,10-11,13-14H2,1-3H3.